The summed E-state index contributed by atoms with van der Waals surface area (Å²) in [5.74, 6) is -0.306. The zero-order valence-corrected chi connectivity index (χ0v) is 11.1. The van der Waals surface area contributed by atoms with E-state index in [1.807, 2.05) is 0 Å². The van der Waals surface area contributed by atoms with Crippen molar-refractivity contribution < 1.29 is 22.0 Å². The van der Waals surface area contributed by atoms with Gasteiger partial charge in [0, 0.05) is 10.9 Å². The smallest absolute Gasteiger partial charge is 0.420 e. The molecule has 0 bridgehead atoms. The van der Waals surface area contributed by atoms with Crippen LogP contribution in [0.3, 0.4) is 0 Å². The van der Waals surface area contributed by atoms with Crippen LogP contribution in [0.4, 0.5) is 17.6 Å². The number of hydrogen-bond acceptors (Lipinski definition) is 3. The van der Waals surface area contributed by atoms with Crippen LogP contribution in [0.15, 0.2) is 40.9 Å². The summed E-state index contributed by atoms with van der Waals surface area (Å²) in [6.45, 7) is -0.00386. The molecule has 0 aliphatic heterocycles. The summed E-state index contributed by atoms with van der Waals surface area (Å²) in [4.78, 5) is 3.81. The quantitative estimate of drug-likeness (QED) is 0.725. The van der Waals surface area contributed by atoms with Crippen molar-refractivity contribution >= 4 is 11.0 Å². The second-order valence-electron chi connectivity index (χ2n) is 4.72. The van der Waals surface area contributed by atoms with Gasteiger partial charge in [0.2, 0.25) is 0 Å². The molecular formula is C15H10F4N2O. The fraction of sp³-hybridized carbons (Fsp3) is 0.133. The van der Waals surface area contributed by atoms with E-state index in [1.54, 1.807) is 0 Å². The lowest BCUT2D eigenvalue weighted by atomic mass is 10.0. The van der Waals surface area contributed by atoms with Crippen LogP contribution in [0.25, 0.3) is 22.2 Å². The topological polar surface area (TPSA) is 52.0 Å². The molecule has 7 heteroatoms. The van der Waals surface area contributed by atoms with Crippen molar-refractivity contribution in [3.8, 4) is 11.3 Å². The van der Waals surface area contributed by atoms with E-state index in [0.29, 0.717) is 0 Å². The fourth-order valence-electron chi connectivity index (χ4n) is 2.21. The lowest BCUT2D eigenvalue weighted by molar-refractivity contribution is -0.136. The first-order valence-electron chi connectivity index (χ1n) is 6.34. The first-order chi connectivity index (χ1) is 10.4. The Labute approximate surface area is 122 Å². The predicted molar refractivity (Wildman–Crippen MR) is 72.3 cm³/mol. The maximum Gasteiger partial charge on any atom is 0.420 e. The minimum absolute atomic E-state index is 0.00386. The van der Waals surface area contributed by atoms with Crippen LogP contribution in [0, 0.1) is 5.82 Å². The van der Waals surface area contributed by atoms with E-state index in [0.717, 1.165) is 18.3 Å². The van der Waals surface area contributed by atoms with Gasteiger partial charge in [0.15, 0.2) is 0 Å². The number of alkyl halides is 3. The number of furan rings is 1. The Morgan fingerprint density at radius 1 is 1.14 bits per heavy atom. The van der Waals surface area contributed by atoms with Gasteiger partial charge in [-0.1, -0.05) is 0 Å². The van der Waals surface area contributed by atoms with E-state index in [2.05, 4.69) is 4.98 Å². The van der Waals surface area contributed by atoms with Gasteiger partial charge in [-0.25, -0.2) is 4.39 Å². The molecule has 0 fully saturated rings. The maximum atomic E-state index is 13.2. The monoisotopic (exact) mass is 310 g/mol. The molecule has 0 spiro atoms. The highest BCUT2D eigenvalue weighted by Gasteiger charge is 2.35. The second kappa shape index (κ2) is 5.10. The third-order valence-corrected chi connectivity index (χ3v) is 3.20. The predicted octanol–water partition coefficient (Wildman–Crippen LogP) is 4.11. The van der Waals surface area contributed by atoms with Crippen molar-refractivity contribution in [1.29, 1.82) is 0 Å². The minimum Gasteiger partial charge on any atom is -0.459 e. The number of benzene rings is 1. The zero-order chi connectivity index (χ0) is 15.9. The highest BCUT2D eigenvalue weighted by Crippen LogP contribution is 2.39. The number of hydrogen-bond donors (Lipinski definition) is 1. The molecule has 3 aromatic rings. The SMILES string of the molecule is NCc1cc2cc(-c3ccc(F)cn3)cc(C(F)(F)F)c2o1. The number of aromatic nitrogens is 1. The Morgan fingerprint density at radius 3 is 2.50 bits per heavy atom. The molecule has 0 saturated heterocycles. The van der Waals surface area contributed by atoms with E-state index in [1.165, 1.54) is 18.2 Å². The van der Waals surface area contributed by atoms with Crippen molar-refractivity contribution in [3.63, 3.8) is 0 Å². The molecule has 0 saturated carbocycles. The summed E-state index contributed by atoms with van der Waals surface area (Å²) in [7, 11) is 0. The van der Waals surface area contributed by atoms with Crippen LogP contribution >= 0.6 is 0 Å². The zero-order valence-electron chi connectivity index (χ0n) is 11.1. The van der Waals surface area contributed by atoms with Crippen molar-refractivity contribution in [1.82, 2.24) is 4.98 Å². The van der Waals surface area contributed by atoms with Crippen molar-refractivity contribution in [3.05, 3.63) is 53.7 Å². The Balaban J connectivity index is 2.26. The van der Waals surface area contributed by atoms with Gasteiger partial charge >= 0.3 is 6.18 Å². The van der Waals surface area contributed by atoms with Gasteiger partial charge in [0.05, 0.1) is 24.0 Å². The average Bonchev–Trinajstić information content (AvgIpc) is 2.88. The molecule has 3 rings (SSSR count). The number of pyridine rings is 1. The van der Waals surface area contributed by atoms with Crippen LogP contribution in [-0.2, 0) is 12.7 Å². The van der Waals surface area contributed by atoms with Crippen LogP contribution in [0.2, 0.25) is 0 Å². The van der Waals surface area contributed by atoms with Crippen LogP contribution in [0.5, 0.6) is 0 Å². The first-order valence-corrected chi connectivity index (χ1v) is 6.34. The van der Waals surface area contributed by atoms with Crippen molar-refractivity contribution in [2.24, 2.45) is 5.73 Å². The van der Waals surface area contributed by atoms with Crippen LogP contribution in [0.1, 0.15) is 11.3 Å². The highest BCUT2D eigenvalue weighted by molar-refractivity contribution is 5.87. The number of fused-ring (bicyclic) bond motifs is 1. The van der Waals surface area contributed by atoms with E-state index >= 15 is 0 Å². The van der Waals surface area contributed by atoms with Gasteiger partial charge in [0.25, 0.3) is 0 Å². The maximum absolute atomic E-state index is 13.2. The van der Waals surface area contributed by atoms with E-state index in [-0.39, 0.29) is 34.5 Å². The van der Waals surface area contributed by atoms with Gasteiger partial charge in [0.1, 0.15) is 17.2 Å². The fourth-order valence-corrected chi connectivity index (χ4v) is 2.21. The molecule has 2 heterocycles. The van der Waals surface area contributed by atoms with E-state index in [9.17, 15) is 17.6 Å². The Hall–Kier alpha value is -2.41. The lowest BCUT2D eigenvalue weighted by Crippen LogP contribution is -2.05. The van der Waals surface area contributed by atoms with Gasteiger partial charge in [-0.2, -0.15) is 13.2 Å². The summed E-state index contributed by atoms with van der Waals surface area (Å²) < 4.78 is 57.7. The van der Waals surface area contributed by atoms with Crippen molar-refractivity contribution in [2.75, 3.05) is 0 Å². The standard InChI is InChI=1S/C15H10F4N2O/c16-10-1-2-13(21-7-10)8-3-9-4-11(6-20)22-14(9)12(5-8)15(17,18)19/h1-5,7H,6,20H2. The lowest BCUT2D eigenvalue weighted by Gasteiger charge is -2.09. The normalized spacial score (nSPS) is 12.0. The number of nitrogens with two attached hydrogens (primary N) is 1. The van der Waals surface area contributed by atoms with Gasteiger partial charge in [-0.3, -0.25) is 4.98 Å². The number of rotatable bonds is 2. The Kier molecular flexibility index (Phi) is 3.37. The number of halogens is 4. The van der Waals surface area contributed by atoms with Gasteiger partial charge in [-0.15, -0.1) is 0 Å². The summed E-state index contributed by atoms with van der Waals surface area (Å²) in [5, 5.41) is 0.274. The molecule has 3 nitrogen and oxygen atoms in total. The second-order valence-corrected chi connectivity index (χ2v) is 4.72. The Bertz CT molecular complexity index is 822. The molecule has 0 aliphatic rings. The third-order valence-electron chi connectivity index (χ3n) is 3.20. The van der Waals surface area contributed by atoms with E-state index < -0.39 is 17.6 Å². The largest absolute Gasteiger partial charge is 0.459 e. The molecule has 114 valence electrons. The minimum atomic E-state index is -4.59. The summed E-state index contributed by atoms with van der Waals surface area (Å²) in [6.07, 6.45) is -3.63. The Morgan fingerprint density at radius 2 is 1.91 bits per heavy atom. The van der Waals surface area contributed by atoms with Crippen LogP contribution < -0.4 is 5.73 Å². The molecule has 2 N–H and O–H groups in total. The summed E-state index contributed by atoms with van der Waals surface area (Å²) >= 11 is 0. The molecule has 0 aliphatic carbocycles. The van der Waals surface area contributed by atoms with Gasteiger partial charge < -0.3 is 10.2 Å². The number of nitrogens with zero attached hydrogens (tertiary/aromatic N) is 1. The molecule has 0 amide bonds. The molecule has 0 atom stereocenters. The molecule has 22 heavy (non-hydrogen) atoms. The molecule has 1 aromatic carbocycles. The average molecular weight is 310 g/mol. The van der Waals surface area contributed by atoms with Gasteiger partial charge in [-0.05, 0) is 30.3 Å². The molecule has 2 aromatic heterocycles. The first kappa shape index (κ1) is 14.5. The molecule has 0 radical (unpaired) electrons. The molecular weight excluding hydrogens is 300 g/mol. The van der Waals surface area contributed by atoms with Crippen molar-refractivity contribution in [2.45, 2.75) is 12.7 Å². The van der Waals surface area contributed by atoms with Crippen LogP contribution in [-0.4, -0.2) is 4.98 Å². The van der Waals surface area contributed by atoms with E-state index in [4.69, 9.17) is 10.2 Å². The summed E-state index contributed by atoms with van der Waals surface area (Å²) in [6, 6.07) is 6.36. The summed E-state index contributed by atoms with van der Waals surface area (Å²) in [5.41, 5.74) is 4.70. The third kappa shape index (κ3) is 2.55. The highest BCUT2D eigenvalue weighted by atomic mass is 19.4. The molecule has 0 unspecified atom stereocenters.